The predicted octanol–water partition coefficient (Wildman–Crippen LogP) is 2.81. The van der Waals surface area contributed by atoms with Gasteiger partial charge in [-0.05, 0) is 42.0 Å². The van der Waals surface area contributed by atoms with E-state index in [2.05, 4.69) is 10.3 Å². The van der Waals surface area contributed by atoms with Crippen molar-refractivity contribution in [1.29, 1.82) is 0 Å². The molecule has 0 saturated carbocycles. The average molecular weight is 426 g/mol. The van der Waals surface area contributed by atoms with Crippen LogP contribution in [0.5, 0.6) is 17.2 Å². The normalized spacial score (nSPS) is 12.5. The van der Waals surface area contributed by atoms with Gasteiger partial charge >= 0.3 is 0 Å². The van der Waals surface area contributed by atoms with Crippen LogP contribution in [0.15, 0.2) is 47.3 Å². The standard InChI is InChI=1S/C22H23N3O4S/c1-23-22(30)25(12-14-3-5-17(27-2)6-4-14)13-16-9-15-10-19-20(29-8-7-28-19)11-18(15)24-21(16)26/h3-6,9-11H,7-8,12-13H2,1-2H3,(H,23,30)(H,24,26). The molecule has 0 spiro atoms. The highest BCUT2D eigenvalue weighted by Crippen LogP contribution is 2.33. The molecule has 30 heavy (non-hydrogen) atoms. The van der Waals surface area contributed by atoms with Crippen molar-refractivity contribution >= 4 is 28.2 Å². The predicted molar refractivity (Wildman–Crippen MR) is 119 cm³/mol. The lowest BCUT2D eigenvalue weighted by Gasteiger charge is -2.25. The van der Waals surface area contributed by atoms with Gasteiger partial charge in [0.15, 0.2) is 16.6 Å². The smallest absolute Gasteiger partial charge is 0.253 e. The lowest BCUT2D eigenvalue weighted by Crippen LogP contribution is -2.38. The second kappa shape index (κ2) is 8.62. The maximum absolute atomic E-state index is 12.7. The lowest BCUT2D eigenvalue weighted by atomic mass is 10.1. The zero-order valence-electron chi connectivity index (χ0n) is 16.9. The first-order valence-electron chi connectivity index (χ1n) is 9.62. The van der Waals surface area contributed by atoms with Crippen LogP contribution in [0.25, 0.3) is 10.9 Å². The molecule has 0 unspecified atom stereocenters. The van der Waals surface area contributed by atoms with E-state index < -0.39 is 0 Å². The Morgan fingerprint density at radius 2 is 1.83 bits per heavy atom. The fraction of sp³-hybridized carbons (Fsp3) is 0.273. The molecule has 0 radical (unpaired) electrons. The number of thiocarbonyl (C=S) groups is 1. The van der Waals surface area contributed by atoms with Crippen LogP contribution in [-0.2, 0) is 13.1 Å². The Labute approximate surface area is 179 Å². The molecule has 4 rings (SSSR count). The van der Waals surface area contributed by atoms with Crippen molar-refractivity contribution in [2.45, 2.75) is 13.1 Å². The van der Waals surface area contributed by atoms with E-state index in [1.165, 1.54) is 0 Å². The lowest BCUT2D eigenvalue weighted by molar-refractivity contribution is 0.172. The Balaban J connectivity index is 1.63. The van der Waals surface area contributed by atoms with E-state index >= 15 is 0 Å². The van der Waals surface area contributed by atoms with Crippen molar-refractivity contribution in [3.05, 3.63) is 63.9 Å². The molecule has 0 bridgehead atoms. The van der Waals surface area contributed by atoms with Gasteiger partial charge < -0.3 is 29.4 Å². The van der Waals surface area contributed by atoms with Gasteiger partial charge in [0.2, 0.25) is 0 Å². The molecule has 2 aromatic carbocycles. The molecule has 3 aromatic rings. The summed E-state index contributed by atoms with van der Waals surface area (Å²) >= 11 is 5.48. The summed E-state index contributed by atoms with van der Waals surface area (Å²) in [6, 6.07) is 13.4. The molecule has 2 heterocycles. The Bertz CT molecular complexity index is 1130. The van der Waals surface area contributed by atoms with Gasteiger partial charge in [0.1, 0.15) is 19.0 Å². The Morgan fingerprint density at radius 1 is 1.13 bits per heavy atom. The number of pyridine rings is 1. The van der Waals surface area contributed by atoms with Gasteiger partial charge in [0.25, 0.3) is 5.56 Å². The van der Waals surface area contributed by atoms with E-state index in [-0.39, 0.29) is 5.56 Å². The van der Waals surface area contributed by atoms with Crippen LogP contribution in [0.4, 0.5) is 0 Å². The topological polar surface area (TPSA) is 75.8 Å². The molecule has 0 saturated heterocycles. The maximum Gasteiger partial charge on any atom is 0.253 e. The van der Waals surface area contributed by atoms with Crippen LogP contribution in [-0.4, -0.2) is 42.4 Å². The summed E-state index contributed by atoms with van der Waals surface area (Å²) in [6.45, 7) is 1.94. The zero-order valence-corrected chi connectivity index (χ0v) is 17.7. The minimum absolute atomic E-state index is 0.155. The number of H-pyrrole nitrogens is 1. The molecule has 1 aromatic heterocycles. The summed E-state index contributed by atoms with van der Waals surface area (Å²) in [7, 11) is 3.41. The Hall–Kier alpha value is -3.26. The van der Waals surface area contributed by atoms with Crippen LogP contribution in [0, 0.1) is 0 Å². The molecule has 8 heteroatoms. The maximum atomic E-state index is 12.7. The fourth-order valence-corrected chi connectivity index (χ4v) is 3.55. The van der Waals surface area contributed by atoms with E-state index in [0.29, 0.717) is 54.0 Å². The molecule has 156 valence electrons. The summed E-state index contributed by atoms with van der Waals surface area (Å²) < 4.78 is 16.5. The summed E-state index contributed by atoms with van der Waals surface area (Å²) in [5.41, 5.74) is 2.24. The van der Waals surface area contributed by atoms with Crippen molar-refractivity contribution in [3.63, 3.8) is 0 Å². The van der Waals surface area contributed by atoms with Crippen LogP contribution in [0.3, 0.4) is 0 Å². The number of fused-ring (bicyclic) bond motifs is 2. The van der Waals surface area contributed by atoms with E-state index in [4.69, 9.17) is 26.4 Å². The number of aromatic amines is 1. The third kappa shape index (κ3) is 4.18. The number of nitrogens with one attached hydrogen (secondary N) is 2. The summed E-state index contributed by atoms with van der Waals surface area (Å²) in [4.78, 5) is 17.7. The van der Waals surface area contributed by atoms with Crippen molar-refractivity contribution in [2.24, 2.45) is 0 Å². The molecule has 2 N–H and O–H groups in total. The number of benzene rings is 2. The van der Waals surface area contributed by atoms with Gasteiger partial charge in [-0.15, -0.1) is 0 Å². The van der Waals surface area contributed by atoms with Gasteiger partial charge in [-0.25, -0.2) is 0 Å². The largest absolute Gasteiger partial charge is 0.497 e. The zero-order chi connectivity index (χ0) is 21.1. The first kappa shape index (κ1) is 20.0. The van der Waals surface area contributed by atoms with Gasteiger partial charge in [-0.2, -0.15) is 0 Å². The highest BCUT2D eigenvalue weighted by molar-refractivity contribution is 7.80. The summed E-state index contributed by atoms with van der Waals surface area (Å²) in [5.74, 6) is 2.13. The fourth-order valence-electron chi connectivity index (χ4n) is 3.42. The number of rotatable bonds is 5. The molecular weight excluding hydrogens is 402 g/mol. The molecule has 1 aliphatic rings. The monoisotopic (exact) mass is 425 g/mol. The van der Waals surface area contributed by atoms with Crippen molar-refractivity contribution in [1.82, 2.24) is 15.2 Å². The van der Waals surface area contributed by atoms with Gasteiger partial charge in [0, 0.05) is 30.6 Å². The minimum atomic E-state index is -0.155. The quantitative estimate of drug-likeness (QED) is 0.609. The number of hydrogen-bond acceptors (Lipinski definition) is 5. The molecular formula is C22H23N3O4S. The van der Waals surface area contributed by atoms with Crippen LogP contribution < -0.4 is 25.1 Å². The van der Waals surface area contributed by atoms with Crippen molar-refractivity contribution in [2.75, 3.05) is 27.4 Å². The number of ether oxygens (including phenoxy) is 3. The molecule has 0 amide bonds. The van der Waals surface area contributed by atoms with Crippen molar-refractivity contribution < 1.29 is 14.2 Å². The third-order valence-electron chi connectivity index (χ3n) is 4.98. The molecule has 0 aliphatic carbocycles. The van der Waals surface area contributed by atoms with Crippen molar-refractivity contribution in [3.8, 4) is 17.2 Å². The number of aromatic nitrogens is 1. The van der Waals surface area contributed by atoms with Crippen LogP contribution in [0.2, 0.25) is 0 Å². The Kier molecular flexibility index (Phi) is 5.76. The minimum Gasteiger partial charge on any atom is -0.497 e. The molecule has 0 fully saturated rings. The third-order valence-corrected chi connectivity index (χ3v) is 5.44. The second-order valence-electron chi connectivity index (χ2n) is 6.97. The molecule has 0 atom stereocenters. The number of methoxy groups -OCH3 is 1. The highest BCUT2D eigenvalue weighted by atomic mass is 32.1. The highest BCUT2D eigenvalue weighted by Gasteiger charge is 2.16. The van der Waals surface area contributed by atoms with Gasteiger partial charge in [0.05, 0.1) is 19.2 Å². The van der Waals surface area contributed by atoms with E-state index in [1.54, 1.807) is 14.2 Å². The SMILES string of the molecule is CNC(=S)N(Cc1ccc(OC)cc1)Cc1cc2cc3c(cc2[nH]c1=O)OCCO3. The van der Waals surface area contributed by atoms with Gasteiger partial charge in [-0.3, -0.25) is 4.79 Å². The van der Waals surface area contributed by atoms with Crippen LogP contribution in [0.1, 0.15) is 11.1 Å². The van der Waals surface area contributed by atoms with E-state index in [9.17, 15) is 4.79 Å². The molecule has 1 aliphatic heterocycles. The second-order valence-corrected chi connectivity index (χ2v) is 7.35. The van der Waals surface area contributed by atoms with E-state index in [1.807, 2.05) is 47.4 Å². The first-order chi connectivity index (χ1) is 14.6. The summed E-state index contributed by atoms with van der Waals surface area (Å²) in [6.07, 6.45) is 0. The van der Waals surface area contributed by atoms with Crippen LogP contribution >= 0.6 is 12.2 Å². The average Bonchev–Trinajstić information content (AvgIpc) is 2.77. The van der Waals surface area contributed by atoms with Gasteiger partial charge in [-0.1, -0.05) is 12.1 Å². The summed E-state index contributed by atoms with van der Waals surface area (Å²) in [5, 5.41) is 4.46. The number of hydrogen-bond donors (Lipinski definition) is 2. The van der Waals surface area contributed by atoms with E-state index in [0.717, 1.165) is 16.7 Å². The molecule has 7 nitrogen and oxygen atoms in total. The number of nitrogens with zero attached hydrogens (tertiary/aromatic N) is 1. The first-order valence-corrected chi connectivity index (χ1v) is 10.0. The Morgan fingerprint density at radius 3 is 2.50 bits per heavy atom.